The van der Waals surface area contributed by atoms with Crippen LogP contribution in [-0.4, -0.2) is 7.11 Å². The van der Waals surface area contributed by atoms with Crippen LogP contribution in [0.5, 0.6) is 5.75 Å². The molecular weight excluding hydrogens is 284 g/mol. The predicted octanol–water partition coefficient (Wildman–Crippen LogP) is 5.57. The van der Waals surface area contributed by atoms with Gasteiger partial charge in [0.15, 0.2) is 0 Å². The highest BCUT2D eigenvalue weighted by atomic mass is 16.5. The van der Waals surface area contributed by atoms with Crippen molar-refractivity contribution in [3.63, 3.8) is 0 Å². The molecule has 0 saturated carbocycles. The Morgan fingerprint density at radius 1 is 0.696 bits per heavy atom. The van der Waals surface area contributed by atoms with E-state index in [0.717, 1.165) is 22.6 Å². The van der Waals surface area contributed by atoms with Crippen molar-refractivity contribution in [1.82, 2.24) is 0 Å². The summed E-state index contributed by atoms with van der Waals surface area (Å²) in [6.07, 6.45) is 0. The Bertz CT molecular complexity index is 730. The molecule has 0 bridgehead atoms. The minimum atomic E-state index is -0.137. The lowest BCUT2D eigenvalue weighted by Gasteiger charge is -2.12. The summed E-state index contributed by atoms with van der Waals surface area (Å²) >= 11 is 0. The number of ether oxygens (including phenoxy) is 1. The average Bonchev–Trinajstić information content (AvgIpc) is 2.64. The van der Waals surface area contributed by atoms with E-state index in [0.29, 0.717) is 0 Å². The molecule has 3 aromatic rings. The van der Waals surface area contributed by atoms with Gasteiger partial charge in [-0.1, -0.05) is 72.8 Å². The van der Waals surface area contributed by atoms with E-state index in [-0.39, 0.29) is 6.04 Å². The van der Waals surface area contributed by atoms with Gasteiger partial charge < -0.3 is 4.74 Å². The number of rotatable bonds is 5. The molecule has 0 fully saturated rings. The molecule has 0 spiro atoms. The monoisotopic (exact) mass is 302 g/mol. The lowest BCUT2D eigenvalue weighted by Crippen LogP contribution is -1.96. The van der Waals surface area contributed by atoms with Crippen molar-refractivity contribution in [2.24, 2.45) is 10.2 Å². The van der Waals surface area contributed by atoms with Crippen molar-refractivity contribution in [3.8, 4) is 5.75 Å². The van der Waals surface area contributed by atoms with Gasteiger partial charge in [0, 0.05) is 0 Å². The third kappa shape index (κ3) is 3.64. The average molecular weight is 302 g/mol. The number of nitrogens with zero attached hydrogens (tertiary/aromatic N) is 2. The Balaban J connectivity index is 1.98. The molecule has 0 unspecified atom stereocenters. The maximum atomic E-state index is 5.34. The zero-order valence-electron chi connectivity index (χ0n) is 13.0. The second kappa shape index (κ2) is 7.36. The summed E-state index contributed by atoms with van der Waals surface area (Å²) in [4.78, 5) is 0. The van der Waals surface area contributed by atoms with E-state index < -0.39 is 0 Å². The Morgan fingerprint density at radius 3 is 1.78 bits per heavy atom. The van der Waals surface area contributed by atoms with Crippen molar-refractivity contribution in [2.75, 3.05) is 7.11 Å². The lowest BCUT2D eigenvalue weighted by atomic mass is 10.00. The number of benzene rings is 3. The molecule has 0 aromatic heterocycles. The zero-order chi connectivity index (χ0) is 15.9. The van der Waals surface area contributed by atoms with E-state index in [4.69, 9.17) is 4.74 Å². The summed E-state index contributed by atoms with van der Waals surface area (Å²) < 4.78 is 5.34. The van der Waals surface area contributed by atoms with Crippen molar-refractivity contribution in [3.05, 3.63) is 96.1 Å². The van der Waals surface area contributed by atoms with Gasteiger partial charge in [-0.05, 0) is 23.3 Å². The Hall–Kier alpha value is -2.94. The molecule has 0 aliphatic carbocycles. The van der Waals surface area contributed by atoms with E-state index in [1.807, 2.05) is 60.7 Å². The van der Waals surface area contributed by atoms with E-state index in [9.17, 15) is 0 Å². The molecule has 0 atom stereocenters. The highest BCUT2D eigenvalue weighted by molar-refractivity contribution is 5.50. The summed E-state index contributed by atoms with van der Waals surface area (Å²) in [5.41, 5.74) is 2.95. The normalized spacial score (nSPS) is 11.0. The first-order chi connectivity index (χ1) is 11.4. The fraction of sp³-hybridized carbons (Fsp3) is 0.100. The molecule has 3 aromatic carbocycles. The van der Waals surface area contributed by atoms with Gasteiger partial charge in [-0.3, -0.25) is 0 Å². The van der Waals surface area contributed by atoms with Crippen LogP contribution < -0.4 is 4.74 Å². The molecule has 0 N–H and O–H groups in total. The Labute approximate surface area is 136 Å². The molecule has 3 heteroatoms. The Morgan fingerprint density at radius 2 is 1.22 bits per heavy atom. The lowest BCUT2D eigenvalue weighted by molar-refractivity contribution is 0.415. The maximum Gasteiger partial charge on any atom is 0.146 e. The summed E-state index contributed by atoms with van der Waals surface area (Å²) in [6.45, 7) is 0. The van der Waals surface area contributed by atoms with Crippen LogP contribution in [0.15, 0.2) is 95.2 Å². The van der Waals surface area contributed by atoms with Gasteiger partial charge in [-0.2, -0.15) is 10.2 Å². The van der Waals surface area contributed by atoms with Gasteiger partial charge in [-0.15, -0.1) is 0 Å². The summed E-state index contributed by atoms with van der Waals surface area (Å²) in [7, 11) is 1.64. The molecule has 0 saturated heterocycles. The number of azo groups is 1. The quantitative estimate of drug-likeness (QED) is 0.567. The number of hydrogen-bond acceptors (Lipinski definition) is 3. The Kier molecular flexibility index (Phi) is 4.79. The van der Waals surface area contributed by atoms with Gasteiger partial charge in [0.25, 0.3) is 0 Å². The summed E-state index contributed by atoms with van der Waals surface area (Å²) in [5.74, 6) is 0.719. The van der Waals surface area contributed by atoms with Crippen LogP contribution in [0.2, 0.25) is 0 Å². The third-order valence-corrected chi connectivity index (χ3v) is 3.60. The SMILES string of the molecule is COc1ccccc1N=NC(c1ccccc1)c1ccccc1. The minimum Gasteiger partial charge on any atom is -0.494 e. The maximum absolute atomic E-state index is 5.34. The highest BCUT2D eigenvalue weighted by Crippen LogP contribution is 2.31. The standard InChI is InChI=1S/C20H18N2O/c1-23-19-15-9-8-14-18(19)21-22-20(16-10-4-2-5-11-16)17-12-6-3-7-13-17/h2-15,20H,1H3. The molecule has 0 heterocycles. The molecule has 114 valence electrons. The second-order valence-corrected chi connectivity index (χ2v) is 5.11. The first-order valence-corrected chi connectivity index (χ1v) is 7.52. The first-order valence-electron chi connectivity index (χ1n) is 7.52. The van der Waals surface area contributed by atoms with Crippen molar-refractivity contribution >= 4 is 5.69 Å². The van der Waals surface area contributed by atoms with Crippen LogP contribution in [0.25, 0.3) is 0 Å². The van der Waals surface area contributed by atoms with Crippen LogP contribution in [0.4, 0.5) is 5.69 Å². The molecule has 23 heavy (non-hydrogen) atoms. The number of hydrogen-bond donors (Lipinski definition) is 0. The third-order valence-electron chi connectivity index (χ3n) is 3.60. The summed E-state index contributed by atoms with van der Waals surface area (Å²) in [6, 6.07) is 27.8. The smallest absolute Gasteiger partial charge is 0.146 e. The molecule has 0 aliphatic heterocycles. The van der Waals surface area contributed by atoms with Crippen LogP contribution >= 0.6 is 0 Å². The van der Waals surface area contributed by atoms with Crippen LogP contribution in [0.3, 0.4) is 0 Å². The molecule has 0 radical (unpaired) electrons. The van der Waals surface area contributed by atoms with E-state index >= 15 is 0 Å². The van der Waals surface area contributed by atoms with Gasteiger partial charge >= 0.3 is 0 Å². The molecule has 3 rings (SSSR count). The first kappa shape index (κ1) is 15.0. The topological polar surface area (TPSA) is 34.0 Å². The zero-order valence-corrected chi connectivity index (χ0v) is 13.0. The van der Waals surface area contributed by atoms with Crippen LogP contribution in [-0.2, 0) is 0 Å². The number of methoxy groups -OCH3 is 1. The van der Waals surface area contributed by atoms with Crippen molar-refractivity contribution in [2.45, 2.75) is 6.04 Å². The fourth-order valence-corrected chi connectivity index (χ4v) is 2.43. The van der Waals surface area contributed by atoms with Crippen LogP contribution in [0, 0.1) is 0 Å². The fourth-order valence-electron chi connectivity index (χ4n) is 2.43. The van der Waals surface area contributed by atoms with Crippen LogP contribution in [0.1, 0.15) is 17.2 Å². The summed E-state index contributed by atoms with van der Waals surface area (Å²) in [5, 5.41) is 9.02. The van der Waals surface area contributed by atoms with Gasteiger partial charge in [0.1, 0.15) is 17.5 Å². The van der Waals surface area contributed by atoms with Gasteiger partial charge in [0.2, 0.25) is 0 Å². The van der Waals surface area contributed by atoms with Crippen molar-refractivity contribution in [1.29, 1.82) is 0 Å². The molecule has 0 aliphatic rings. The molecular formula is C20H18N2O. The second-order valence-electron chi connectivity index (χ2n) is 5.11. The van der Waals surface area contributed by atoms with E-state index in [1.54, 1.807) is 7.11 Å². The molecule has 0 amide bonds. The predicted molar refractivity (Wildman–Crippen MR) is 92.2 cm³/mol. The van der Waals surface area contributed by atoms with E-state index in [2.05, 4.69) is 34.5 Å². The highest BCUT2D eigenvalue weighted by Gasteiger charge is 2.13. The number of para-hydroxylation sites is 1. The molecule has 3 nitrogen and oxygen atoms in total. The van der Waals surface area contributed by atoms with Gasteiger partial charge in [0.05, 0.1) is 7.11 Å². The van der Waals surface area contributed by atoms with E-state index in [1.165, 1.54) is 0 Å². The van der Waals surface area contributed by atoms with Gasteiger partial charge in [-0.25, -0.2) is 0 Å². The van der Waals surface area contributed by atoms with Crippen molar-refractivity contribution < 1.29 is 4.74 Å². The largest absolute Gasteiger partial charge is 0.494 e. The minimum absolute atomic E-state index is 0.137.